The molecule has 2 atom stereocenters. The Kier molecular flexibility index (Phi) is 3.99. The summed E-state index contributed by atoms with van der Waals surface area (Å²) in [4.78, 5) is 10.7. The van der Waals surface area contributed by atoms with Gasteiger partial charge in [0.1, 0.15) is 12.3 Å². The third-order valence-corrected chi connectivity index (χ3v) is 1.08. The lowest BCUT2D eigenvalue weighted by atomic mass is 10.4. The molecular weight excluding hydrogens is 134 g/mol. The molecule has 0 aromatic rings. The van der Waals surface area contributed by atoms with Gasteiger partial charge >= 0.3 is 0 Å². The molecule has 0 aromatic carbocycles. The van der Waals surface area contributed by atoms with Gasteiger partial charge in [-0.3, -0.25) is 4.79 Å². The van der Waals surface area contributed by atoms with Crippen LogP contribution < -0.4 is 5.32 Å². The van der Waals surface area contributed by atoms with Crippen molar-refractivity contribution in [1.29, 1.82) is 0 Å². The first-order valence-corrected chi connectivity index (χ1v) is 3.09. The molecule has 4 nitrogen and oxygen atoms in total. The molecule has 1 unspecified atom stereocenters. The van der Waals surface area contributed by atoms with Crippen LogP contribution >= 0.6 is 0 Å². The fourth-order valence-electron chi connectivity index (χ4n) is 0.380. The second-order valence-corrected chi connectivity index (χ2v) is 2.06. The highest BCUT2D eigenvalue weighted by Crippen LogP contribution is 1.84. The van der Waals surface area contributed by atoms with E-state index in [1.54, 1.807) is 6.92 Å². The molecule has 10 heavy (non-hydrogen) atoms. The summed E-state index contributed by atoms with van der Waals surface area (Å²) in [6, 6.07) is 0. The Bertz CT molecular complexity index is 114. The van der Waals surface area contributed by atoms with Gasteiger partial charge in [-0.2, -0.15) is 0 Å². The minimum atomic E-state index is -0.974. The third-order valence-electron chi connectivity index (χ3n) is 1.08. The van der Waals surface area contributed by atoms with Gasteiger partial charge in [0.05, 0.1) is 0 Å². The van der Waals surface area contributed by atoms with Gasteiger partial charge in [0.2, 0.25) is 0 Å². The molecule has 0 saturated heterocycles. The van der Waals surface area contributed by atoms with Crippen molar-refractivity contribution in [1.82, 2.24) is 5.32 Å². The van der Waals surface area contributed by atoms with Gasteiger partial charge in [-0.15, -0.1) is 0 Å². The van der Waals surface area contributed by atoms with Crippen molar-refractivity contribution in [2.75, 3.05) is 7.11 Å². The number of hydrogen-bond acceptors (Lipinski definition) is 3. The summed E-state index contributed by atoms with van der Waals surface area (Å²) in [7, 11) is 1.48. The summed E-state index contributed by atoms with van der Waals surface area (Å²) in [5.74, 6) is -0.422. The standard InChI is InChI=1S/C6H13NO3/c1-4(8)6(9)7-5(2)10-3/h4-5,8H,1-3H3,(H,7,9)/t4-,5?/m0/s1. The number of nitrogens with one attached hydrogen (secondary N) is 1. The van der Waals surface area contributed by atoms with Crippen LogP contribution in [-0.4, -0.2) is 30.5 Å². The average Bonchev–Trinajstić information content (AvgIpc) is 1.87. The first-order chi connectivity index (χ1) is 4.57. The molecular formula is C6H13NO3. The molecule has 1 amide bonds. The Morgan fingerprint density at radius 2 is 2.10 bits per heavy atom. The van der Waals surface area contributed by atoms with Crippen LogP contribution in [0.2, 0.25) is 0 Å². The number of carbonyl (C=O) groups is 1. The predicted octanol–water partition coefficient (Wildman–Crippen LogP) is -0.524. The lowest BCUT2D eigenvalue weighted by Gasteiger charge is -2.12. The molecule has 0 radical (unpaired) electrons. The molecule has 60 valence electrons. The van der Waals surface area contributed by atoms with Gasteiger partial charge in [-0.1, -0.05) is 0 Å². The van der Waals surface area contributed by atoms with Crippen molar-refractivity contribution in [3.05, 3.63) is 0 Å². The van der Waals surface area contributed by atoms with Crippen LogP contribution in [0.4, 0.5) is 0 Å². The first-order valence-electron chi connectivity index (χ1n) is 3.09. The Balaban J connectivity index is 3.57. The van der Waals surface area contributed by atoms with E-state index in [9.17, 15) is 4.79 Å². The maximum Gasteiger partial charge on any atom is 0.250 e. The van der Waals surface area contributed by atoms with Crippen LogP contribution in [0.15, 0.2) is 0 Å². The SMILES string of the molecule is COC(C)NC(=O)[C@H](C)O. The van der Waals surface area contributed by atoms with Crippen molar-refractivity contribution in [3.63, 3.8) is 0 Å². The summed E-state index contributed by atoms with van der Waals surface area (Å²) in [6.07, 6.45) is -1.32. The summed E-state index contributed by atoms with van der Waals surface area (Å²) in [6.45, 7) is 3.08. The Labute approximate surface area is 60.2 Å². The zero-order valence-electron chi connectivity index (χ0n) is 6.42. The fourth-order valence-corrected chi connectivity index (χ4v) is 0.380. The largest absolute Gasteiger partial charge is 0.384 e. The van der Waals surface area contributed by atoms with Crippen molar-refractivity contribution < 1.29 is 14.6 Å². The summed E-state index contributed by atoms with van der Waals surface area (Å²) in [5, 5.41) is 11.1. The molecule has 0 spiro atoms. The quantitative estimate of drug-likeness (QED) is 0.528. The second kappa shape index (κ2) is 4.24. The molecule has 0 aliphatic heterocycles. The highest BCUT2D eigenvalue weighted by Gasteiger charge is 2.10. The number of carbonyl (C=O) groups excluding carboxylic acids is 1. The maximum atomic E-state index is 10.7. The average molecular weight is 147 g/mol. The fraction of sp³-hybridized carbons (Fsp3) is 0.833. The number of aliphatic hydroxyl groups excluding tert-OH is 1. The van der Waals surface area contributed by atoms with E-state index in [-0.39, 0.29) is 6.23 Å². The first kappa shape index (κ1) is 9.39. The molecule has 0 saturated carbocycles. The number of rotatable bonds is 3. The van der Waals surface area contributed by atoms with E-state index >= 15 is 0 Å². The van der Waals surface area contributed by atoms with Crippen molar-refractivity contribution >= 4 is 5.91 Å². The van der Waals surface area contributed by atoms with Gasteiger partial charge < -0.3 is 15.2 Å². The van der Waals surface area contributed by atoms with Gasteiger partial charge in [-0.25, -0.2) is 0 Å². The molecule has 0 bridgehead atoms. The molecule has 0 heterocycles. The monoisotopic (exact) mass is 147 g/mol. The lowest BCUT2D eigenvalue weighted by molar-refractivity contribution is -0.131. The summed E-state index contributed by atoms with van der Waals surface area (Å²) >= 11 is 0. The van der Waals surface area contributed by atoms with E-state index in [1.165, 1.54) is 14.0 Å². The Hall–Kier alpha value is -0.610. The molecule has 0 aromatic heterocycles. The third kappa shape index (κ3) is 3.42. The van der Waals surface area contributed by atoms with E-state index < -0.39 is 12.0 Å². The molecule has 0 rings (SSSR count). The number of amides is 1. The van der Waals surface area contributed by atoms with Crippen LogP contribution in [0.25, 0.3) is 0 Å². The molecule has 2 N–H and O–H groups in total. The van der Waals surface area contributed by atoms with Gasteiger partial charge in [0.25, 0.3) is 5.91 Å². The van der Waals surface area contributed by atoms with Gasteiger partial charge in [0.15, 0.2) is 0 Å². The zero-order chi connectivity index (χ0) is 8.15. The zero-order valence-corrected chi connectivity index (χ0v) is 6.42. The van der Waals surface area contributed by atoms with E-state index in [1.807, 2.05) is 0 Å². The van der Waals surface area contributed by atoms with E-state index in [0.29, 0.717) is 0 Å². The number of ether oxygens (including phenoxy) is 1. The van der Waals surface area contributed by atoms with Crippen molar-refractivity contribution in [2.24, 2.45) is 0 Å². The normalized spacial score (nSPS) is 16.0. The molecule has 0 aliphatic rings. The van der Waals surface area contributed by atoms with Crippen molar-refractivity contribution in [3.8, 4) is 0 Å². The van der Waals surface area contributed by atoms with Gasteiger partial charge in [0, 0.05) is 7.11 Å². The highest BCUT2D eigenvalue weighted by atomic mass is 16.5. The molecule has 4 heteroatoms. The van der Waals surface area contributed by atoms with Crippen molar-refractivity contribution in [2.45, 2.75) is 26.2 Å². The highest BCUT2D eigenvalue weighted by molar-refractivity contribution is 5.80. The smallest absolute Gasteiger partial charge is 0.250 e. The Morgan fingerprint density at radius 3 is 2.40 bits per heavy atom. The predicted molar refractivity (Wildman–Crippen MR) is 36.3 cm³/mol. The number of methoxy groups -OCH3 is 1. The van der Waals surface area contributed by atoms with Crippen LogP contribution in [-0.2, 0) is 9.53 Å². The minimum absolute atomic E-state index is 0.345. The second-order valence-electron chi connectivity index (χ2n) is 2.06. The maximum absolute atomic E-state index is 10.7. The summed E-state index contributed by atoms with van der Waals surface area (Å²) < 4.78 is 4.73. The lowest BCUT2D eigenvalue weighted by Crippen LogP contribution is -2.39. The molecule has 0 aliphatic carbocycles. The van der Waals surface area contributed by atoms with Crippen LogP contribution in [0.1, 0.15) is 13.8 Å². The summed E-state index contributed by atoms with van der Waals surface area (Å²) in [5.41, 5.74) is 0. The Morgan fingerprint density at radius 1 is 1.60 bits per heavy atom. The van der Waals surface area contributed by atoms with E-state index in [4.69, 9.17) is 9.84 Å². The van der Waals surface area contributed by atoms with Crippen LogP contribution in [0.5, 0.6) is 0 Å². The van der Waals surface area contributed by atoms with Gasteiger partial charge in [-0.05, 0) is 13.8 Å². The number of hydrogen-bond donors (Lipinski definition) is 2. The minimum Gasteiger partial charge on any atom is -0.384 e. The topological polar surface area (TPSA) is 58.6 Å². The van der Waals surface area contributed by atoms with E-state index in [2.05, 4.69) is 5.32 Å². The van der Waals surface area contributed by atoms with Crippen LogP contribution in [0, 0.1) is 0 Å². The molecule has 0 fully saturated rings. The van der Waals surface area contributed by atoms with E-state index in [0.717, 1.165) is 0 Å². The number of aliphatic hydroxyl groups is 1. The van der Waals surface area contributed by atoms with Crippen LogP contribution in [0.3, 0.4) is 0 Å².